The highest BCUT2D eigenvalue weighted by Crippen LogP contribution is 2.38. The number of aryl methyl sites for hydroxylation is 1. The van der Waals surface area contributed by atoms with E-state index in [1.165, 1.54) is 5.06 Å². The Hall–Kier alpha value is -2.45. The summed E-state index contributed by atoms with van der Waals surface area (Å²) in [6, 6.07) is 9.46. The number of urea groups is 1. The van der Waals surface area contributed by atoms with Crippen LogP contribution in [0.5, 0.6) is 0 Å². The number of amides is 2. The van der Waals surface area contributed by atoms with Crippen molar-refractivity contribution in [1.29, 1.82) is 0 Å². The molecule has 4 rings (SSSR count). The molecule has 24 heavy (non-hydrogen) atoms. The van der Waals surface area contributed by atoms with Crippen molar-refractivity contribution < 1.29 is 18.9 Å². The van der Waals surface area contributed by atoms with E-state index in [2.05, 4.69) is 10.1 Å². The topological polar surface area (TPSA) is 84.0 Å². The molecule has 126 valence electrons. The van der Waals surface area contributed by atoms with Crippen LogP contribution in [0.15, 0.2) is 34.9 Å². The molecule has 0 radical (unpaired) electrons. The summed E-state index contributed by atoms with van der Waals surface area (Å²) in [4.78, 5) is 24.0. The maximum absolute atomic E-state index is 12.7. The van der Waals surface area contributed by atoms with Crippen LogP contribution in [0, 0.1) is 6.92 Å². The van der Waals surface area contributed by atoms with Crippen LogP contribution >= 0.6 is 0 Å². The monoisotopic (exact) mass is 330 g/mol. The van der Waals surface area contributed by atoms with Crippen LogP contribution in [0.4, 0.5) is 4.79 Å². The molecule has 0 spiro atoms. The van der Waals surface area contributed by atoms with Gasteiger partial charge in [0.15, 0.2) is 11.9 Å². The number of hydrogen-bond donors (Lipinski definition) is 0. The Kier molecular flexibility index (Phi) is 3.70. The number of nitrogens with zero attached hydrogens (tertiary/aromatic N) is 4. The summed E-state index contributed by atoms with van der Waals surface area (Å²) < 4.78 is 11.0. The molecule has 2 aliphatic rings. The average molecular weight is 330 g/mol. The average Bonchev–Trinajstić information content (AvgIpc) is 3.28. The van der Waals surface area contributed by atoms with E-state index in [-0.39, 0.29) is 18.4 Å². The normalized spacial score (nSPS) is 26.5. The van der Waals surface area contributed by atoms with E-state index in [9.17, 15) is 4.79 Å². The third-order valence-corrected chi connectivity index (χ3v) is 4.00. The minimum absolute atomic E-state index is 0.130. The lowest BCUT2D eigenvalue weighted by Crippen LogP contribution is -2.47. The fourth-order valence-corrected chi connectivity index (χ4v) is 2.87. The zero-order chi connectivity index (χ0) is 16.7. The minimum Gasteiger partial charge on any atom is -0.362 e. The van der Waals surface area contributed by atoms with Crippen molar-refractivity contribution in [2.45, 2.75) is 32.3 Å². The molecular formula is C16H18N4O4. The molecule has 8 nitrogen and oxygen atoms in total. The van der Waals surface area contributed by atoms with Gasteiger partial charge in [0.1, 0.15) is 0 Å². The first-order valence-electron chi connectivity index (χ1n) is 7.87. The maximum atomic E-state index is 12.7. The summed E-state index contributed by atoms with van der Waals surface area (Å²) in [5.41, 5.74) is 0.955. The standard InChI is InChI=1S/C16H18N4O4/c1-10-8-19(9-13(22-10)14-17-11(2)18-23-14)16(21)20-15(24-20)12-6-4-3-5-7-12/h3-7,10,13,15H,8-9H2,1-2H3/t10-,13-,15?,20?/m1/s1. The molecule has 3 heterocycles. The van der Waals surface area contributed by atoms with Gasteiger partial charge in [-0.1, -0.05) is 35.5 Å². The first kappa shape index (κ1) is 15.1. The Morgan fingerprint density at radius 1 is 1.25 bits per heavy atom. The van der Waals surface area contributed by atoms with Gasteiger partial charge in [-0.25, -0.2) is 9.63 Å². The smallest absolute Gasteiger partial charge is 0.347 e. The van der Waals surface area contributed by atoms with Gasteiger partial charge >= 0.3 is 6.03 Å². The first-order valence-corrected chi connectivity index (χ1v) is 7.87. The molecule has 0 aliphatic carbocycles. The molecule has 8 heteroatoms. The van der Waals surface area contributed by atoms with Crippen LogP contribution < -0.4 is 0 Å². The molecule has 0 bridgehead atoms. The Bertz CT molecular complexity index is 735. The lowest BCUT2D eigenvalue weighted by molar-refractivity contribution is -0.0814. The van der Waals surface area contributed by atoms with Gasteiger partial charge in [-0.05, 0) is 13.8 Å². The molecule has 3 atom stereocenters. The number of hydroxylamine groups is 2. The van der Waals surface area contributed by atoms with Gasteiger partial charge in [0.25, 0.3) is 5.89 Å². The van der Waals surface area contributed by atoms with Gasteiger partial charge < -0.3 is 14.2 Å². The Balaban J connectivity index is 1.45. The fraction of sp³-hybridized carbons (Fsp3) is 0.438. The molecule has 2 fully saturated rings. The first-order chi connectivity index (χ1) is 11.6. The maximum Gasteiger partial charge on any atom is 0.347 e. The molecule has 0 saturated carbocycles. The lowest BCUT2D eigenvalue weighted by Gasteiger charge is -2.34. The van der Waals surface area contributed by atoms with Crippen molar-refractivity contribution in [2.75, 3.05) is 13.1 Å². The highest BCUT2D eigenvalue weighted by Gasteiger charge is 2.46. The molecule has 2 amide bonds. The zero-order valence-electron chi connectivity index (χ0n) is 13.5. The minimum atomic E-state index is -0.422. The SMILES string of the molecule is Cc1noc([C@H]2CN(C(=O)N3OC3c3ccccc3)C[C@@H](C)O2)n1. The van der Waals surface area contributed by atoms with Crippen LogP contribution in [0.25, 0.3) is 0 Å². The summed E-state index contributed by atoms with van der Waals surface area (Å²) in [6.07, 6.45) is -0.870. The molecule has 2 aliphatic heterocycles. The van der Waals surface area contributed by atoms with Crippen LogP contribution in [-0.4, -0.2) is 45.3 Å². The number of rotatable bonds is 2. The van der Waals surface area contributed by atoms with Crippen LogP contribution in [0.3, 0.4) is 0 Å². The third-order valence-electron chi connectivity index (χ3n) is 4.00. The molecule has 1 aromatic heterocycles. The Morgan fingerprint density at radius 3 is 2.75 bits per heavy atom. The summed E-state index contributed by atoms with van der Waals surface area (Å²) >= 11 is 0. The number of ether oxygens (including phenoxy) is 1. The highest BCUT2D eigenvalue weighted by molar-refractivity contribution is 5.75. The van der Waals surface area contributed by atoms with E-state index in [1.54, 1.807) is 11.8 Å². The summed E-state index contributed by atoms with van der Waals surface area (Å²) in [5.74, 6) is 0.936. The van der Waals surface area contributed by atoms with Gasteiger partial charge in [0, 0.05) is 12.1 Å². The molecular weight excluding hydrogens is 312 g/mol. The van der Waals surface area contributed by atoms with Crippen molar-refractivity contribution in [3.05, 3.63) is 47.6 Å². The van der Waals surface area contributed by atoms with Crippen molar-refractivity contribution in [1.82, 2.24) is 20.1 Å². The Morgan fingerprint density at radius 2 is 2.04 bits per heavy atom. The van der Waals surface area contributed by atoms with E-state index < -0.39 is 6.10 Å². The summed E-state index contributed by atoms with van der Waals surface area (Å²) in [7, 11) is 0. The third kappa shape index (κ3) is 2.85. The molecule has 0 N–H and O–H groups in total. The zero-order valence-corrected chi connectivity index (χ0v) is 13.5. The van der Waals surface area contributed by atoms with Crippen molar-refractivity contribution in [3.63, 3.8) is 0 Å². The second-order valence-electron chi connectivity index (χ2n) is 6.00. The second-order valence-corrected chi connectivity index (χ2v) is 6.00. The Labute approximate surface area is 138 Å². The van der Waals surface area contributed by atoms with E-state index in [1.807, 2.05) is 37.3 Å². The number of morpholine rings is 1. The van der Waals surface area contributed by atoms with Crippen LogP contribution in [-0.2, 0) is 9.57 Å². The predicted molar refractivity (Wildman–Crippen MR) is 81.4 cm³/mol. The van der Waals surface area contributed by atoms with Crippen LogP contribution in [0.1, 0.15) is 36.5 Å². The van der Waals surface area contributed by atoms with Crippen molar-refractivity contribution in [2.24, 2.45) is 0 Å². The molecule has 2 aromatic rings. The molecule has 2 saturated heterocycles. The van der Waals surface area contributed by atoms with Gasteiger partial charge in [0.2, 0.25) is 6.23 Å². The van der Waals surface area contributed by atoms with Crippen molar-refractivity contribution in [3.8, 4) is 0 Å². The van der Waals surface area contributed by atoms with E-state index in [0.717, 1.165) is 5.56 Å². The lowest BCUT2D eigenvalue weighted by atomic mass is 10.2. The summed E-state index contributed by atoms with van der Waals surface area (Å²) in [6.45, 7) is 4.50. The van der Waals surface area contributed by atoms with E-state index in [4.69, 9.17) is 14.1 Å². The van der Waals surface area contributed by atoms with E-state index in [0.29, 0.717) is 24.8 Å². The predicted octanol–water partition coefficient (Wildman–Crippen LogP) is 2.21. The molecule has 1 aromatic carbocycles. The quantitative estimate of drug-likeness (QED) is 0.785. The number of aromatic nitrogens is 2. The van der Waals surface area contributed by atoms with Crippen molar-refractivity contribution >= 4 is 6.03 Å². The number of carbonyl (C=O) groups excluding carboxylic acids is 1. The van der Waals surface area contributed by atoms with Gasteiger partial charge in [-0.15, -0.1) is 0 Å². The number of hydrogen-bond acceptors (Lipinski definition) is 6. The number of carbonyl (C=O) groups is 1. The van der Waals surface area contributed by atoms with Gasteiger partial charge in [-0.2, -0.15) is 10.0 Å². The number of benzene rings is 1. The highest BCUT2D eigenvalue weighted by atomic mass is 16.8. The largest absolute Gasteiger partial charge is 0.362 e. The van der Waals surface area contributed by atoms with Crippen LogP contribution in [0.2, 0.25) is 0 Å². The summed E-state index contributed by atoms with van der Waals surface area (Å²) in [5, 5.41) is 5.16. The van der Waals surface area contributed by atoms with E-state index >= 15 is 0 Å². The van der Waals surface area contributed by atoms with Gasteiger partial charge in [0.05, 0.1) is 12.6 Å². The van der Waals surface area contributed by atoms with Gasteiger partial charge in [-0.3, -0.25) is 0 Å². The molecule has 1 unspecified atom stereocenters. The fourth-order valence-electron chi connectivity index (χ4n) is 2.87. The second kappa shape index (κ2) is 5.88.